The number of phenols is 1. The number of hydrogen-bond donors (Lipinski definition) is 1. The summed E-state index contributed by atoms with van der Waals surface area (Å²) in [6.45, 7) is 2.82. The van der Waals surface area contributed by atoms with E-state index < -0.39 is 21.1 Å². The summed E-state index contributed by atoms with van der Waals surface area (Å²) in [5.41, 5.74) is 1.96. The minimum absolute atomic E-state index is 0.240. The maximum Gasteiger partial charge on any atom is 0.232 e. The highest BCUT2D eigenvalue weighted by Gasteiger charge is 2.15. The van der Waals surface area contributed by atoms with E-state index in [1.54, 1.807) is 12.1 Å². The Hall–Kier alpha value is -1.89. The third-order valence-corrected chi connectivity index (χ3v) is 4.98. The van der Waals surface area contributed by atoms with Gasteiger partial charge in [0, 0.05) is 11.1 Å². The molecule has 1 heterocycles. The Bertz CT molecular complexity index is 706. The van der Waals surface area contributed by atoms with Crippen LogP contribution < -0.4 is 4.74 Å². The molecule has 5 heteroatoms. The summed E-state index contributed by atoms with van der Waals surface area (Å²) in [6.07, 6.45) is 0.999. The fraction of sp³-hybridized carbons (Fsp3) is 0.176. The SMILES string of the molecule is CCCOc1ccc(C2=IOC(c3ccc(O)cc3)=N2)cc1. The average Bonchev–Trinajstić information content (AvgIpc) is 3.04. The van der Waals surface area contributed by atoms with Crippen LogP contribution in [-0.4, -0.2) is 21.2 Å². The van der Waals surface area contributed by atoms with E-state index in [1.807, 2.05) is 36.4 Å². The molecule has 0 saturated heterocycles. The zero-order valence-corrected chi connectivity index (χ0v) is 14.3. The van der Waals surface area contributed by atoms with Gasteiger partial charge in [0.15, 0.2) is 0 Å². The maximum atomic E-state index is 9.33. The number of ether oxygens (including phenoxy) is 1. The molecule has 22 heavy (non-hydrogen) atoms. The lowest BCUT2D eigenvalue weighted by molar-refractivity contribution is 0.317. The fourth-order valence-electron chi connectivity index (χ4n) is 1.93. The summed E-state index contributed by atoms with van der Waals surface area (Å²) < 4.78 is 12.3. The van der Waals surface area contributed by atoms with Crippen LogP contribution in [0.15, 0.2) is 53.5 Å². The molecule has 0 aliphatic carbocycles. The van der Waals surface area contributed by atoms with Crippen molar-refractivity contribution in [1.82, 2.24) is 0 Å². The highest BCUT2D eigenvalue weighted by atomic mass is 127. The van der Waals surface area contributed by atoms with Gasteiger partial charge in [-0.05, 0) is 55.0 Å². The fourth-order valence-corrected chi connectivity index (χ4v) is 3.63. The Kier molecular flexibility index (Phi) is 4.72. The molecule has 1 aliphatic rings. The molecule has 4 nitrogen and oxygen atoms in total. The second-order valence-electron chi connectivity index (χ2n) is 4.78. The summed E-state index contributed by atoms with van der Waals surface area (Å²) >= 11 is -0.588. The largest absolute Gasteiger partial charge is 0.508 e. The van der Waals surface area contributed by atoms with E-state index in [0.29, 0.717) is 5.90 Å². The summed E-state index contributed by atoms with van der Waals surface area (Å²) in [6, 6.07) is 14.9. The molecule has 0 unspecified atom stereocenters. The van der Waals surface area contributed by atoms with E-state index in [1.165, 1.54) is 0 Å². The van der Waals surface area contributed by atoms with E-state index >= 15 is 0 Å². The maximum absolute atomic E-state index is 9.33. The van der Waals surface area contributed by atoms with Crippen molar-refractivity contribution in [3.05, 3.63) is 59.7 Å². The van der Waals surface area contributed by atoms with Crippen LogP contribution in [-0.2, 0) is 3.07 Å². The van der Waals surface area contributed by atoms with Crippen molar-refractivity contribution in [3.8, 4) is 11.5 Å². The Morgan fingerprint density at radius 1 is 1.05 bits per heavy atom. The Balaban J connectivity index is 1.74. The molecular formula is C17H16INO3. The number of benzene rings is 2. The van der Waals surface area contributed by atoms with Gasteiger partial charge in [-0.1, -0.05) is 6.92 Å². The van der Waals surface area contributed by atoms with Crippen LogP contribution in [0.5, 0.6) is 11.5 Å². The van der Waals surface area contributed by atoms with Gasteiger partial charge >= 0.3 is 0 Å². The number of nitrogens with zero attached hydrogens (tertiary/aromatic N) is 1. The molecule has 0 aromatic heterocycles. The van der Waals surface area contributed by atoms with E-state index in [9.17, 15) is 5.11 Å². The smallest absolute Gasteiger partial charge is 0.232 e. The van der Waals surface area contributed by atoms with Crippen LogP contribution in [0, 0.1) is 0 Å². The van der Waals surface area contributed by atoms with Gasteiger partial charge in [-0.15, -0.1) is 0 Å². The van der Waals surface area contributed by atoms with Gasteiger partial charge in [0.25, 0.3) is 0 Å². The Morgan fingerprint density at radius 2 is 1.73 bits per heavy atom. The molecule has 1 N–H and O–H groups in total. The second kappa shape index (κ2) is 6.91. The van der Waals surface area contributed by atoms with Crippen molar-refractivity contribution in [2.75, 3.05) is 6.61 Å². The summed E-state index contributed by atoms with van der Waals surface area (Å²) in [5, 5.41) is 9.33. The van der Waals surface area contributed by atoms with E-state index in [-0.39, 0.29) is 5.75 Å². The molecule has 2 aromatic carbocycles. The van der Waals surface area contributed by atoms with Crippen molar-refractivity contribution in [3.63, 3.8) is 0 Å². The zero-order valence-electron chi connectivity index (χ0n) is 12.1. The lowest BCUT2D eigenvalue weighted by atomic mass is 10.2. The van der Waals surface area contributed by atoms with Gasteiger partial charge in [0.1, 0.15) is 36.3 Å². The lowest BCUT2D eigenvalue weighted by Crippen LogP contribution is -2.00. The summed E-state index contributed by atoms with van der Waals surface area (Å²) in [7, 11) is 0. The van der Waals surface area contributed by atoms with Crippen LogP contribution in [0.3, 0.4) is 0 Å². The average molecular weight is 409 g/mol. The number of aliphatic imine (C=N–C) groups is 1. The molecule has 0 saturated carbocycles. The third kappa shape index (κ3) is 3.47. The Morgan fingerprint density at radius 3 is 2.41 bits per heavy atom. The van der Waals surface area contributed by atoms with Crippen LogP contribution in [0.1, 0.15) is 24.5 Å². The van der Waals surface area contributed by atoms with Crippen molar-refractivity contribution < 1.29 is 12.9 Å². The van der Waals surface area contributed by atoms with Crippen molar-refractivity contribution in [2.24, 2.45) is 4.99 Å². The van der Waals surface area contributed by atoms with Crippen molar-refractivity contribution >= 4 is 30.7 Å². The molecule has 114 valence electrons. The number of hydrogen-bond acceptors (Lipinski definition) is 4. The van der Waals surface area contributed by atoms with Gasteiger partial charge in [-0.2, -0.15) is 0 Å². The zero-order chi connectivity index (χ0) is 15.4. The summed E-state index contributed by atoms with van der Waals surface area (Å²) in [5.74, 6) is 1.75. The van der Waals surface area contributed by atoms with Gasteiger partial charge < -0.3 is 12.9 Å². The second-order valence-corrected chi connectivity index (χ2v) is 6.68. The first-order valence-corrected chi connectivity index (χ1v) is 9.02. The monoisotopic (exact) mass is 409 g/mol. The van der Waals surface area contributed by atoms with Crippen LogP contribution in [0.2, 0.25) is 0 Å². The molecule has 2 aromatic rings. The van der Waals surface area contributed by atoms with Crippen molar-refractivity contribution in [1.29, 1.82) is 0 Å². The predicted molar refractivity (Wildman–Crippen MR) is 96.1 cm³/mol. The normalized spacial score (nSPS) is 13.7. The quantitative estimate of drug-likeness (QED) is 0.760. The highest BCUT2D eigenvalue weighted by Crippen LogP contribution is 2.25. The van der Waals surface area contributed by atoms with Crippen LogP contribution in [0.4, 0.5) is 0 Å². The molecule has 0 atom stereocenters. The van der Waals surface area contributed by atoms with Crippen LogP contribution >= 0.6 is 21.1 Å². The topological polar surface area (TPSA) is 51.0 Å². The number of phenolic OH excluding ortho intramolecular Hbond substituents is 1. The molecule has 0 amide bonds. The molecule has 0 bridgehead atoms. The first-order chi connectivity index (χ1) is 10.8. The van der Waals surface area contributed by atoms with Crippen LogP contribution in [0.25, 0.3) is 0 Å². The summed E-state index contributed by atoms with van der Waals surface area (Å²) in [4.78, 5) is 4.59. The van der Waals surface area contributed by atoms with E-state index in [2.05, 4.69) is 11.9 Å². The number of rotatable bonds is 5. The van der Waals surface area contributed by atoms with E-state index in [4.69, 9.17) is 7.80 Å². The molecular weight excluding hydrogens is 393 g/mol. The minimum Gasteiger partial charge on any atom is -0.508 e. The molecule has 0 fully saturated rings. The van der Waals surface area contributed by atoms with Gasteiger partial charge in [0.2, 0.25) is 5.90 Å². The minimum atomic E-state index is -0.588. The molecule has 1 aliphatic heterocycles. The first kappa shape index (κ1) is 15.0. The molecule has 0 radical (unpaired) electrons. The highest BCUT2D eigenvalue weighted by molar-refractivity contribution is 14.2. The van der Waals surface area contributed by atoms with Crippen molar-refractivity contribution in [2.45, 2.75) is 13.3 Å². The number of aromatic hydroxyl groups is 1. The predicted octanol–water partition coefficient (Wildman–Crippen LogP) is 4.02. The van der Waals surface area contributed by atoms with E-state index in [0.717, 1.165) is 33.5 Å². The number of halogens is 1. The van der Waals surface area contributed by atoms with Gasteiger partial charge in [-0.3, -0.25) is 0 Å². The Labute approximate surface area is 139 Å². The van der Waals surface area contributed by atoms with Gasteiger partial charge in [0.05, 0.1) is 6.61 Å². The molecule has 3 rings (SSSR count). The molecule has 0 spiro atoms. The van der Waals surface area contributed by atoms with Gasteiger partial charge in [-0.25, -0.2) is 4.99 Å². The first-order valence-electron chi connectivity index (χ1n) is 7.06. The lowest BCUT2D eigenvalue weighted by Gasteiger charge is -2.04. The third-order valence-electron chi connectivity index (χ3n) is 3.06. The standard InChI is InChI=1S/C17H16INO3/c1-2-11-21-15-9-5-12(6-10-15)16-18-22-17(19-16)13-3-7-14(20)8-4-13/h3-10,20H,2,11H2,1H3.